The van der Waals surface area contributed by atoms with Gasteiger partial charge in [-0.3, -0.25) is 4.79 Å². The van der Waals surface area contributed by atoms with E-state index in [9.17, 15) is 9.59 Å². The van der Waals surface area contributed by atoms with Gasteiger partial charge >= 0.3 is 6.03 Å². The normalized spacial score (nSPS) is 12.0. The summed E-state index contributed by atoms with van der Waals surface area (Å²) >= 11 is 1.67. The van der Waals surface area contributed by atoms with Crippen molar-refractivity contribution in [1.29, 1.82) is 0 Å². The van der Waals surface area contributed by atoms with Gasteiger partial charge in [0.05, 0.1) is 6.04 Å². The van der Waals surface area contributed by atoms with Crippen LogP contribution in [0.4, 0.5) is 10.5 Å². The molecular formula is C20H23N5O2S. The Labute approximate surface area is 168 Å². The van der Waals surface area contributed by atoms with Crippen LogP contribution in [0.15, 0.2) is 54.2 Å². The number of carbonyl (C=O) groups is 2. The lowest BCUT2D eigenvalue weighted by Gasteiger charge is -2.23. The number of carbonyl (C=O) groups excluding carboxylic acids is 2. The summed E-state index contributed by atoms with van der Waals surface area (Å²) in [5.41, 5.74) is 1.14. The predicted molar refractivity (Wildman–Crippen MR) is 111 cm³/mol. The number of hydrogen-bond donors (Lipinski definition) is 2. The number of likely N-dealkylation sites (N-methyl/N-ethyl adjacent to an activating group) is 1. The highest BCUT2D eigenvalue weighted by Crippen LogP contribution is 2.22. The van der Waals surface area contributed by atoms with Crippen molar-refractivity contribution in [2.45, 2.75) is 6.04 Å². The summed E-state index contributed by atoms with van der Waals surface area (Å²) in [6.45, 7) is 0.495. The minimum Gasteiger partial charge on any atom is -0.336 e. The molecule has 2 heterocycles. The zero-order valence-corrected chi connectivity index (χ0v) is 16.9. The molecule has 0 saturated carbocycles. The molecule has 0 radical (unpaired) electrons. The molecule has 8 heteroatoms. The van der Waals surface area contributed by atoms with Gasteiger partial charge in [0.25, 0.3) is 0 Å². The average Bonchev–Trinajstić information content (AvgIpc) is 3.33. The van der Waals surface area contributed by atoms with Crippen LogP contribution < -0.4 is 10.6 Å². The molecule has 2 N–H and O–H groups in total. The van der Waals surface area contributed by atoms with Crippen LogP contribution in [0.1, 0.15) is 27.1 Å². The van der Waals surface area contributed by atoms with Crippen molar-refractivity contribution in [3.05, 3.63) is 70.4 Å². The molecule has 0 saturated heterocycles. The third-order valence-corrected chi connectivity index (χ3v) is 5.35. The smallest absolute Gasteiger partial charge is 0.319 e. The van der Waals surface area contributed by atoms with Crippen molar-refractivity contribution in [3.8, 4) is 0 Å². The van der Waals surface area contributed by atoms with E-state index in [2.05, 4.69) is 26.6 Å². The van der Waals surface area contributed by atoms with E-state index in [4.69, 9.17) is 0 Å². The Morgan fingerprint density at radius 1 is 1.21 bits per heavy atom. The highest BCUT2D eigenvalue weighted by molar-refractivity contribution is 7.10. The second kappa shape index (κ2) is 8.81. The zero-order chi connectivity index (χ0) is 20.1. The quantitative estimate of drug-likeness (QED) is 0.601. The highest BCUT2D eigenvalue weighted by atomic mass is 32.1. The Morgan fingerprint density at radius 2 is 1.96 bits per heavy atom. The predicted octanol–water partition coefficient (Wildman–Crippen LogP) is 3.14. The first kappa shape index (κ1) is 19.8. The number of nitrogens with one attached hydrogen (secondary N) is 2. The Hall–Kier alpha value is -2.97. The second-order valence-corrected chi connectivity index (χ2v) is 7.58. The van der Waals surface area contributed by atoms with Crippen molar-refractivity contribution in [2.75, 3.05) is 26.0 Å². The summed E-state index contributed by atoms with van der Waals surface area (Å²) in [7, 11) is 5.75. The number of benzene rings is 1. The fraction of sp³-hybridized carbons (Fsp3) is 0.250. The van der Waals surface area contributed by atoms with E-state index in [-0.39, 0.29) is 17.9 Å². The Morgan fingerprint density at radius 3 is 2.54 bits per heavy atom. The van der Waals surface area contributed by atoms with Crippen LogP contribution in [0.2, 0.25) is 0 Å². The molecule has 0 unspecified atom stereocenters. The number of rotatable bonds is 7. The summed E-state index contributed by atoms with van der Waals surface area (Å²) in [6, 6.07) is 10.7. The first-order valence-electron chi connectivity index (χ1n) is 8.82. The van der Waals surface area contributed by atoms with E-state index < -0.39 is 0 Å². The van der Waals surface area contributed by atoms with E-state index >= 15 is 0 Å². The number of ketones is 1. The maximum absolute atomic E-state index is 12.4. The number of imidazole rings is 1. The molecule has 3 aromatic rings. The van der Waals surface area contributed by atoms with Gasteiger partial charge in [-0.15, -0.1) is 11.3 Å². The lowest BCUT2D eigenvalue weighted by Crippen LogP contribution is -2.36. The van der Waals surface area contributed by atoms with Gasteiger partial charge in [-0.2, -0.15) is 0 Å². The summed E-state index contributed by atoms with van der Waals surface area (Å²) < 4.78 is 1.68. The molecule has 1 atom stereocenters. The molecule has 1 aromatic carbocycles. The zero-order valence-electron chi connectivity index (χ0n) is 16.0. The SMILES string of the molecule is CN(C)[C@@H](CNC(=O)Nc1ccc(C(=O)c2nccn2C)cc1)c1cccs1. The molecule has 0 aliphatic rings. The fourth-order valence-electron chi connectivity index (χ4n) is 2.80. The van der Waals surface area contributed by atoms with Gasteiger partial charge in [-0.05, 0) is 49.8 Å². The number of amides is 2. The standard InChI is InChI=1S/C20H23N5O2S/c1-24(2)16(17-5-4-12-28-17)13-22-20(27)23-15-8-6-14(7-9-15)18(26)19-21-10-11-25(19)3/h4-12,16H,13H2,1-3H3,(H2,22,23,27)/t16-/m0/s1. The third-order valence-electron chi connectivity index (χ3n) is 4.38. The molecule has 2 aromatic heterocycles. The first-order chi connectivity index (χ1) is 13.5. The van der Waals surface area contributed by atoms with Gasteiger partial charge in [0.2, 0.25) is 5.78 Å². The van der Waals surface area contributed by atoms with E-state index in [1.54, 1.807) is 59.6 Å². The largest absolute Gasteiger partial charge is 0.336 e. The topological polar surface area (TPSA) is 79.3 Å². The Kier molecular flexibility index (Phi) is 6.23. The first-order valence-corrected chi connectivity index (χ1v) is 9.70. The van der Waals surface area contributed by atoms with Crippen molar-refractivity contribution in [1.82, 2.24) is 19.8 Å². The monoisotopic (exact) mass is 397 g/mol. The minimum atomic E-state index is -0.286. The van der Waals surface area contributed by atoms with Crippen molar-refractivity contribution < 1.29 is 9.59 Å². The van der Waals surface area contributed by atoms with E-state index in [0.717, 1.165) is 0 Å². The molecule has 0 aliphatic heterocycles. The lowest BCUT2D eigenvalue weighted by molar-refractivity contribution is 0.102. The van der Waals surface area contributed by atoms with Crippen molar-refractivity contribution in [3.63, 3.8) is 0 Å². The van der Waals surface area contributed by atoms with Gasteiger partial charge in [0.15, 0.2) is 5.82 Å². The van der Waals surface area contributed by atoms with E-state index in [1.807, 2.05) is 25.5 Å². The summed E-state index contributed by atoms with van der Waals surface area (Å²) in [4.78, 5) is 32.0. The van der Waals surface area contributed by atoms with Crippen LogP contribution in [-0.4, -0.2) is 46.9 Å². The maximum atomic E-state index is 12.4. The van der Waals surface area contributed by atoms with Crippen molar-refractivity contribution in [2.24, 2.45) is 7.05 Å². The van der Waals surface area contributed by atoms with Gasteiger partial charge < -0.3 is 20.1 Å². The van der Waals surface area contributed by atoms with Crippen LogP contribution in [0, 0.1) is 0 Å². The van der Waals surface area contributed by atoms with Crippen LogP contribution in [0.3, 0.4) is 0 Å². The number of thiophene rings is 1. The third kappa shape index (κ3) is 4.65. The second-order valence-electron chi connectivity index (χ2n) is 6.60. The van der Waals surface area contributed by atoms with Gasteiger partial charge in [-0.25, -0.2) is 9.78 Å². The number of anilines is 1. The molecule has 0 spiro atoms. The summed E-state index contributed by atoms with van der Waals surface area (Å²) in [5.74, 6) is 0.218. The summed E-state index contributed by atoms with van der Waals surface area (Å²) in [6.07, 6.45) is 3.31. The number of aryl methyl sites for hydroxylation is 1. The Bertz CT molecular complexity index is 932. The maximum Gasteiger partial charge on any atom is 0.319 e. The van der Waals surface area contributed by atoms with E-state index in [1.165, 1.54) is 4.88 Å². The molecule has 0 bridgehead atoms. The fourth-order valence-corrected chi connectivity index (χ4v) is 3.72. The molecule has 3 rings (SSSR count). The molecule has 0 aliphatic carbocycles. The Balaban J connectivity index is 1.57. The van der Waals surface area contributed by atoms with E-state index in [0.29, 0.717) is 23.6 Å². The number of nitrogens with zero attached hydrogens (tertiary/aromatic N) is 3. The molecule has 0 fully saturated rings. The highest BCUT2D eigenvalue weighted by Gasteiger charge is 2.17. The number of hydrogen-bond acceptors (Lipinski definition) is 5. The number of urea groups is 1. The number of aromatic nitrogens is 2. The van der Waals surface area contributed by atoms with Crippen LogP contribution in [0.5, 0.6) is 0 Å². The lowest BCUT2D eigenvalue weighted by atomic mass is 10.1. The van der Waals surface area contributed by atoms with Gasteiger partial charge in [0, 0.05) is 42.1 Å². The molecule has 28 heavy (non-hydrogen) atoms. The van der Waals surface area contributed by atoms with Crippen molar-refractivity contribution >= 4 is 28.8 Å². The molecular weight excluding hydrogens is 374 g/mol. The van der Waals surface area contributed by atoms with Crippen LogP contribution >= 0.6 is 11.3 Å². The molecule has 146 valence electrons. The minimum absolute atomic E-state index is 0.114. The molecule has 2 amide bonds. The molecule has 7 nitrogen and oxygen atoms in total. The van der Waals surface area contributed by atoms with Gasteiger partial charge in [-0.1, -0.05) is 6.07 Å². The van der Waals surface area contributed by atoms with Crippen LogP contribution in [-0.2, 0) is 7.05 Å². The average molecular weight is 398 g/mol. The summed E-state index contributed by atoms with van der Waals surface area (Å²) in [5, 5.41) is 7.73. The van der Waals surface area contributed by atoms with Crippen LogP contribution in [0.25, 0.3) is 0 Å². The van der Waals surface area contributed by atoms with Gasteiger partial charge in [0.1, 0.15) is 0 Å².